The van der Waals surface area contributed by atoms with E-state index < -0.39 is 5.60 Å². The molecule has 32 heavy (non-hydrogen) atoms. The average molecular weight is 476 g/mol. The summed E-state index contributed by atoms with van der Waals surface area (Å²) in [6, 6.07) is 10.8. The van der Waals surface area contributed by atoms with Gasteiger partial charge in [0.25, 0.3) is 0 Å². The Morgan fingerprint density at radius 3 is 2.31 bits per heavy atom. The number of halogens is 2. The molecule has 3 nitrogen and oxygen atoms in total. The standard InChI is InChI=1S/C27H35Cl2NO2/c1-7-20(21-10-17(2)25(29)18(3)11-21)12-19-8-9-24(28)22(13-19)14-30-15-23(16-30)26(31)32-27(4,5)6/h8-11,13,20,23H,7,12,14-16H2,1-6H3/t20-/m0/s1. The van der Waals surface area contributed by atoms with E-state index in [2.05, 4.69) is 49.9 Å². The molecule has 0 spiro atoms. The first-order valence-electron chi connectivity index (χ1n) is 11.5. The number of carbonyl (C=O) groups excluding carboxylic acids is 1. The maximum absolute atomic E-state index is 12.2. The lowest BCUT2D eigenvalue weighted by Gasteiger charge is -2.39. The highest BCUT2D eigenvalue weighted by Crippen LogP contribution is 2.32. The van der Waals surface area contributed by atoms with Crippen molar-refractivity contribution in [2.45, 2.75) is 72.4 Å². The van der Waals surface area contributed by atoms with Crippen LogP contribution in [0.5, 0.6) is 0 Å². The van der Waals surface area contributed by atoms with Gasteiger partial charge in [-0.3, -0.25) is 9.69 Å². The summed E-state index contributed by atoms with van der Waals surface area (Å²) in [6.45, 7) is 14.3. The Bertz CT molecular complexity index is 951. The van der Waals surface area contributed by atoms with Crippen LogP contribution in [0.25, 0.3) is 0 Å². The quantitative estimate of drug-likeness (QED) is 0.399. The largest absolute Gasteiger partial charge is 0.460 e. The lowest BCUT2D eigenvalue weighted by molar-refractivity contribution is -0.166. The van der Waals surface area contributed by atoms with Crippen LogP contribution in [0.4, 0.5) is 0 Å². The van der Waals surface area contributed by atoms with Gasteiger partial charge in [0.15, 0.2) is 0 Å². The molecule has 1 atom stereocenters. The zero-order chi connectivity index (χ0) is 23.6. The van der Waals surface area contributed by atoms with E-state index >= 15 is 0 Å². The summed E-state index contributed by atoms with van der Waals surface area (Å²) in [5, 5.41) is 1.64. The molecule has 1 aliphatic heterocycles. The summed E-state index contributed by atoms with van der Waals surface area (Å²) in [6.07, 6.45) is 2.02. The van der Waals surface area contributed by atoms with Crippen LogP contribution >= 0.6 is 23.2 Å². The van der Waals surface area contributed by atoms with Crippen molar-refractivity contribution in [1.29, 1.82) is 0 Å². The Hall–Kier alpha value is -1.55. The molecule has 0 amide bonds. The Morgan fingerprint density at radius 2 is 1.75 bits per heavy atom. The van der Waals surface area contributed by atoms with Gasteiger partial charge in [0, 0.05) is 29.7 Å². The highest BCUT2D eigenvalue weighted by molar-refractivity contribution is 6.32. The third kappa shape index (κ3) is 6.27. The van der Waals surface area contributed by atoms with Crippen LogP contribution in [0.15, 0.2) is 30.3 Å². The molecule has 0 N–H and O–H groups in total. The molecule has 0 unspecified atom stereocenters. The molecule has 0 saturated carbocycles. The molecule has 1 heterocycles. The molecule has 3 rings (SSSR count). The first-order valence-corrected chi connectivity index (χ1v) is 12.2. The van der Waals surface area contributed by atoms with E-state index in [1.54, 1.807) is 0 Å². The van der Waals surface area contributed by atoms with Crippen LogP contribution in [0, 0.1) is 19.8 Å². The minimum absolute atomic E-state index is 0.0444. The topological polar surface area (TPSA) is 29.5 Å². The molecular formula is C27H35Cl2NO2. The van der Waals surface area contributed by atoms with Gasteiger partial charge < -0.3 is 4.74 Å². The minimum atomic E-state index is -0.438. The van der Waals surface area contributed by atoms with E-state index in [4.69, 9.17) is 27.9 Å². The SMILES string of the molecule is CC[C@@H](Cc1ccc(Cl)c(CN2CC(C(=O)OC(C)(C)C)C2)c1)c1cc(C)c(Cl)c(C)c1. The number of nitrogens with zero attached hydrogens (tertiary/aromatic N) is 1. The first-order chi connectivity index (χ1) is 15.0. The summed E-state index contributed by atoms with van der Waals surface area (Å²) < 4.78 is 5.51. The number of esters is 1. The fourth-order valence-electron chi connectivity index (χ4n) is 4.35. The van der Waals surface area contributed by atoms with Gasteiger partial charge in [0.05, 0.1) is 5.92 Å². The van der Waals surface area contributed by atoms with Crippen molar-refractivity contribution in [3.8, 4) is 0 Å². The van der Waals surface area contributed by atoms with Crippen LogP contribution in [-0.4, -0.2) is 29.6 Å². The minimum Gasteiger partial charge on any atom is -0.460 e. The molecule has 1 fully saturated rings. The molecule has 2 aromatic carbocycles. The van der Waals surface area contributed by atoms with E-state index in [9.17, 15) is 4.79 Å². The highest BCUT2D eigenvalue weighted by Gasteiger charge is 2.35. The number of carbonyl (C=O) groups is 1. The molecule has 1 aliphatic rings. The lowest BCUT2D eigenvalue weighted by atomic mass is 9.87. The van der Waals surface area contributed by atoms with Gasteiger partial charge >= 0.3 is 5.97 Å². The summed E-state index contributed by atoms with van der Waals surface area (Å²) in [5.74, 6) is 0.282. The summed E-state index contributed by atoms with van der Waals surface area (Å²) >= 11 is 12.9. The molecular weight excluding hydrogens is 441 g/mol. The van der Waals surface area contributed by atoms with E-state index in [1.807, 2.05) is 26.8 Å². The van der Waals surface area contributed by atoms with Crippen molar-refractivity contribution in [3.05, 3.63) is 68.2 Å². The van der Waals surface area contributed by atoms with Crippen LogP contribution in [0.2, 0.25) is 10.0 Å². The molecule has 0 radical (unpaired) electrons. The number of hydrogen-bond donors (Lipinski definition) is 0. The fourth-order valence-corrected chi connectivity index (χ4v) is 4.63. The van der Waals surface area contributed by atoms with Crippen molar-refractivity contribution in [2.75, 3.05) is 13.1 Å². The van der Waals surface area contributed by atoms with Gasteiger partial charge in [0.2, 0.25) is 0 Å². The van der Waals surface area contributed by atoms with Gasteiger partial charge in [-0.1, -0.05) is 54.4 Å². The zero-order valence-corrected chi connectivity index (χ0v) is 21.6. The summed E-state index contributed by atoms with van der Waals surface area (Å²) in [7, 11) is 0. The summed E-state index contributed by atoms with van der Waals surface area (Å²) in [5.41, 5.74) is 5.57. The Kier molecular flexibility index (Phi) is 7.96. The average Bonchev–Trinajstić information content (AvgIpc) is 2.66. The predicted octanol–water partition coefficient (Wildman–Crippen LogP) is 7.12. The van der Waals surface area contributed by atoms with Gasteiger partial charge in [-0.25, -0.2) is 0 Å². The molecule has 2 aromatic rings. The predicted molar refractivity (Wildman–Crippen MR) is 134 cm³/mol. The molecule has 0 aromatic heterocycles. The van der Waals surface area contributed by atoms with E-state index in [0.717, 1.165) is 59.2 Å². The van der Waals surface area contributed by atoms with Crippen molar-refractivity contribution < 1.29 is 9.53 Å². The number of rotatable bonds is 7. The van der Waals surface area contributed by atoms with Gasteiger partial charge in [0.1, 0.15) is 5.60 Å². The van der Waals surface area contributed by atoms with Crippen LogP contribution in [0.1, 0.15) is 67.9 Å². The normalized spacial score (nSPS) is 16.0. The second-order valence-electron chi connectivity index (χ2n) is 10.1. The maximum Gasteiger partial charge on any atom is 0.312 e. The van der Waals surface area contributed by atoms with E-state index in [1.165, 1.54) is 11.1 Å². The smallest absolute Gasteiger partial charge is 0.312 e. The van der Waals surface area contributed by atoms with Crippen molar-refractivity contribution >= 4 is 29.2 Å². The molecule has 174 valence electrons. The number of likely N-dealkylation sites (tertiary alicyclic amines) is 1. The molecule has 0 aliphatic carbocycles. The molecule has 1 saturated heterocycles. The second kappa shape index (κ2) is 10.2. The van der Waals surface area contributed by atoms with Crippen molar-refractivity contribution in [3.63, 3.8) is 0 Å². The third-order valence-electron chi connectivity index (χ3n) is 6.11. The van der Waals surface area contributed by atoms with Crippen LogP contribution < -0.4 is 0 Å². The number of hydrogen-bond acceptors (Lipinski definition) is 3. The molecule has 5 heteroatoms. The van der Waals surface area contributed by atoms with Crippen molar-refractivity contribution in [1.82, 2.24) is 4.90 Å². The monoisotopic (exact) mass is 475 g/mol. The van der Waals surface area contributed by atoms with Gasteiger partial charge in [-0.05, 0) is 87.3 Å². The lowest BCUT2D eigenvalue weighted by Crippen LogP contribution is -2.51. The van der Waals surface area contributed by atoms with Crippen molar-refractivity contribution in [2.24, 2.45) is 5.92 Å². The highest BCUT2D eigenvalue weighted by atomic mass is 35.5. The second-order valence-corrected chi connectivity index (χ2v) is 10.9. The zero-order valence-electron chi connectivity index (χ0n) is 20.1. The molecule has 0 bridgehead atoms. The van der Waals surface area contributed by atoms with Gasteiger partial charge in [-0.2, -0.15) is 0 Å². The maximum atomic E-state index is 12.2. The van der Waals surface area contributed by atoms with E-state index in [-0.39, 0.29) is 11.9 Å². The van der Waals surface area contributed by atoms with Crippen LogP contribution in [-0.2, 0) is 22.5 Å². The summed E-state index contributed by atoms with van der Waals surface area (Å²) in [4.78, 5) is 14.5. The third-order valence-corrected chi connectivity index (χ3v) is 7.07. The number of aryl methyl sites for hydroxylation is 2. The fraction of sp³-hybridized carbons (Fsp3) is 0.519. The van der Waals surface area contributed by atoms with Crippen LogP contribution in [0.3, 0.4) is 0 Å². The number of benzene rings is 2. The van der Waals surface area contributed by atoms with E-state index in [0.29, 0.717) is 5.92 Å². The first kappa shape index (κ1) is 25.1. The number of ether oxygens (including phenoxy) is 1. The Morgan fingerprint density at radius 1 is 1.12 bits per heavy atom. The Labute approximate surface area is 203 Å². The Balaban J connectivity index is 1.65. The van der Waals surface area contributed by atoms with Gasteiger partial charge in [-0.15, -0.1) is 0 Å².